The molecular weight excluding hydrogens is 561 g/mol. The normalized spacial score (nSPS) is 20.6. The highest BCUT2D eigenvalue weighted by molar-refractivity contribution is 6.31. The van der Waals surface area contributed by atoms with E-state index in [2.05, 4.69) is 32.7 Å². The van der Waals surface area contributed by atoms with E-state index in [9.17, 15) is 9.59 Å². The number of rotatable bonds is 4. The summed E-state index contributed by atoms with van der Waals surface area (Å²) in [5.41, 5.74) is 7.10. The Labute approximate surface area is 244 Å². The molecule has 0 radical (unpaired) electrons. The van der Waals surface area contributed by atoms with Crippen LogP contribution in [-0.2, 0) is 11.2 Å². The first-order valence-electron chi connectivity index (χ1n) is 13.6. The molecule has 0 unspecified atom stereocenters. The van der Waals surface area contributed by atoms with Gasteiger partial charge in [-0.3, -0.25) is 9.59 Å². The number of nitrogens with zero attached hydrogens (tertiary/aromatic N) is 5. The number of carbonyl (C=O) groups is 1. The monoisotopic (exact) mass is 583 g/mol. The first kappa shape index (κ1) is 24.6. The molecule has 5 heterocycles. The maximum atomic E-state index is 13.8. The molecule has 1 aliphatic carbocycles. The van der Waals surface area contributed by atoms with Crippen LogP contribution in [0.3, 0.4) is 0 Å². The molecule has 9 nitrogen and oxygen atoms in total. The molecule has 0 spiro atoms. The van der Waals surface area contributed by atoms with Gasteiger partial charge in [-0.05, 0) is 78.3 Å². The van der Waals surface area contributed by atoms with E-state index in [-0.39, 0.29) is 28.6 Å². The number of imidazole rings is 1. The lowest BCUT2D eigenvalue weighted by Crippen LogP contribution is -2.28. The second-order valence-corrected chi connectivity index (χ2v) is 11.7. The lowest BCUT2D eigenvalue weighted by molar-refractivity contribution is -0.116. The van der Waals surface area contributed by atoms with Crippen LogP contribution in [0.5, 0.6) is 0 Å². The molecule has 3 aromatic heterocycles. The minimum atomic E-state index is -0.163. The largest absolute Gasteiger partial charge is 0.340 e. The fraction of sp³-hybridized carbons (Fsp3) is 0.233. The van der Waals surface area contributed by atoms with Gasteiger partial charge in [0.25, 0.3) is 5.56 Å². The zero-order valence-electron chi connectivity index (χ0n) is 21.6. The van der Waals surface area contributed by atoms with E-state index >= 15 is 0 Å². The highest BCUT2D eigenvalue weighted by atomic mass is 35.5. The number of pyridine rings is 1. The van der Waals surface area contributed by atoms with Crippen LogP contribution in [0.4, 0.5) is 5.69 Å². The van der Waals surface area contributed by atoms with Crippen LogP contribution in [0.25, 0.3) is 28.1 Å². The van der Waals surface area contributed by atoms with Crippen LogP contribution in [0.15, 0.2) is 65.7 Å². The molecule has 5 aromatic rings. The number of hydrogen-bond acceptors (Lipinski definition) is 5. The number of H-pyrrole nitrogens is 1. The third-order valence-corrected chi connectivity index (χ3v) is 9.07. The number of hydrogen-bond donors (Lipinski definition) is 2. The second-order valence-electron chi connectivity index (χ2n) is 10.9. The van der Waals surface area contributed by atoms with Crippen molar-refractivity contribution in [2.24, 2.45) is 5.92 Å². The fourth-order valence-electron chi connectivity index (χ4n) is 6.61. The summed E-state index contributed by atoms with van der Waals surface area (Å²) in [4.78, 5) is 33.8. The van der Waals surface area contributed by atoms with E-state index in [4.69, 9.17) is 28.2 Å². The van der Waals surface area contributed by atoms with Crippen molar-refractivity contribution in [3.63, 3.8) is 0 Å². The molecule has 204 valence electrons. The average molecular weight is 584 g/mol. The number of fused-ring (bicyclic) bond motifs is 4. The first-order valence-corrected chi connectivity index (χ1v) is 14.3. The Kier molecular flexibility index (Phi) is 5.49. The van der Waals surface area contributed by atoms with E-state index in [0.29, 0.717) is 23.8 Å². The molecule has 8 rings (SSSR count). The Morgan fingerprint density at radius 3 is 2.66 bits per heavy atom. The molecule has 1 saturated carbocycles. The molecule has 2 aliphatic heterocycles. The Bertz CT molecular complexity index is 1940. The van der Waals surface area contributed by atoms with Gasteiger partial charge in [0, 0.05) is 40.4 Å². The number of anilines is 1. The van der Waals surface area contributed by atoms with Crippen molar-refractivity contribution in [2.75, 3.05) is 5.32 Å². The summed E-state index contributed by atoms with van der Waals surface area (Å²) >= 11 is 12.4. The molecule has 2 aromatic carbocycles. The summed E-state index contributed by atoms with van der Waals surface area (Å²) in [7, 11) is 0. The molecule has 1 amide bonds. The first-order chi connectivity index (χ1) is 19.9. The van der Waals surface area contributed by atoms with Crippen molar-refractivity contribution in [3.8, 4) is 28.1 Å². The maximum Gasteiger partial charge on any atom is 0.252 e. The van der Waals surface area contributed by atoms with Gasteiger partial charge in [-0.1, -0.05) is 34.5 Å². The van der Waals surface area contributed by atoms with Crippen LogP contribution < -0.4 is 10.9 Å². The van der Waals surface area contributed by atoms with E-state index in [1.165, 1.54) is 0 Å². The Morgan fingerprint density at radius 1 is 0.951 bits per heavy atom. The predicted octanol–water partition coefficient (Wildman–Crippen LogP) is 5.77. The molecule has 11 heteroatoms. The Morgan fingerprint density at radius 2 is 1.85 bits per heavy atom. The minimum Gasteiger partial charge on any atom is -0.340 e. The van der Waals surface area contributed by atoms with Crippen molar-refractivity contribution in [1.82, 2.24) is 29.5 Å². The number of nitrogens with one attached hydrogen (secondary N) is 2. The zero-order chi connectivity index (χ0) is 27.8. The summed E-state index contributed by atoms with van der Waals surface area (Å²) in [6.07, 6.45) is 6.71. The fourth-order valence-corrected chi connectivity index (χ4v) is 6.91. The molecule has 0 saturated heterocycles. The van der Waals surface area contributed by atoms with Crippen molar-refractivity contribution in [3.05, 3.63) is 98.5 Å². The van der Waals surface area contributed by atoms with Crippen LogP contribution >= 0.6 is 23.2 Å². The van der Waals surface area contributed by atoms with Gasteiger partial charge in [-0.25, -0.2) is 9.67 Å². The van der Waals surface area contributed by atoms with Gasteiger partial charge in [0.15, 0.2) is 5.15 Å². The van der Waals surface area contributed by atoms with Gasteiger partial charge in [-0.2, -0.15) is 0 Å². The second kappa shape index (κ2) is 9.15. The highest BCUT2D eigenvalue weighted by Crippen LogP contribution is 2.55. The topological polar surface area (TPSA) is 110 Å². The number of benzene rings is 2. The number of aromatic amines is 1. The van der Waals surface area contributed by atoms with Gasteiger partial charge < -0.3 is 14.9 Å². The SMILES string of the molecule is O=C1CCc2cc(-c3cnc([C@@H]4[C@H]5CC[C@H]5c5cc(-c6cc(Cl)ccc6-n6cc(Cl)nn6)cc(=O)n54)[nH]3)ccc2N1. The summed E-state index contributed by atoms with van der Waals surface area (Å²) in [6.45, 7) is 0. The van der Waals surface area contributed by atoms with E-state index in [0.717, 1.165) is 63.7 Å². The minimum absolute atomic E-state index is 0.0482. The van der Waals surface area contributed by atoms with Crippen molar-refractivity contribution in [1.29, 1.82) is 0 Å². The lowest BCUT2D eigenvalue weighted by atomic mass is 9.71. The molecular formula is C30H23Cl2N7O2. The van der Waals surface area contributed by atoms with Gasteiger partial charge in [0.05, 0.1) is 29.8 Å². The molecule has 3 atom stereocenters. The molecule has 0 bridgehead atoms. The van der Waals surface area contributed by atoms with Crippen LogP contribution in [0.1, 0.15) is 48.3 Å². The number of amides is 1. The Hall–Kier alpha value is -4.21. The third kappa shape index (κ3) is 3.94. The maximum absolute atomic E-state index is 13.8. The van der Waals surface area contributed by atoms with E-state index < -0.39 is 0 Å². The summed E-state index contributed by atoms with van der Waals surface area (Å²) < 4.78 is 3.50. The van der Waals surface area contributed by atoms with E-state index in [1.807, 2.05) is 35.0 Å². The number of halogens is 2. The lowest BCUT2D eigenvalue weighted by Gasteiger charge is -2.32. The Balaban J connectivity index is 1.18. The van der Waals surface area contributed by atoms with Crippen LogP contribution in [0.2, 0.25) is 10.2 Å². The van der Waals surface area contributed by atoms with Crippen LogP contribution in [0, 0.1) is 5.92 Å². The molecule has 2 N–H and O–H groups in total. The molecule has 3 aliphatic rings. The number of aryl methyl sites for hydroxylation is 1. The summed E-state index contributed by atoms with van der Waals surface area (Å²) in [5.74, 6) is 1.41. The third-order valence-electron chi connectivity index (χ3n) is 8.66. The average Bonchev–Trinajstić information content (AvgIpc) is 3.65. The molecule has 1 fully saturated rings. The smallest absolute Gasteiger partial charge is 0.252 e. The quantitative estimate of drug-likeness (QED) is 0.279. The zero-order valence-corrected chi connectivity index (χ0v) is 23.2. The summed E-state index contributed by atoms with van der Waals surface area (Å²) in [6, 6.07) is 15.1. The highest BCUT2D eigenvalue weighted by Gasteiger charge is 2.48. The van der Waals surface area contributed by atoms with Gasteiger partial charge in [0.1, 0.15) is 5.82 Å². The van der Waals surface area contributed by atoms with Gasteiger partial charge in [-0.15, -0.1) is 5.10 Å². The standard InChI is InChI=1S/C30H23Cl2N7O2/c31-18-3-7-24(38-14-26(32)36-37-38)21(12-18)17-10-25-19-4-5-20(19)29(39(25)28(41)11-17)30-33-13-23(35-30)16-1-6-22-15(9-16)2-8-27(40)34-22/h1,3,6-7,9-14,19-20,29H,2,4-5,8H2,(H,33,35)(H,34,40)/t19-,20+,29+/m1/s1. The van der Waals surface area contributed by atoms with Crippen LogP contribution in [-0.4, -0.2) is 35.4 Å². The van der Waals surface area contributed by atoms with E-state index in [1.54, 1.807) is 23.0 Å². The van der Waals surface area contributed by atoms with Crippen molar-refractivity contribution >= 4 is 34.8 Å². The van der Waals surface area contributed by atoms with Crippen molar-refractivity contribution in [2.45, 2.75) is 37.6 Å². The summed E-state index contributed by atoms with van der Waals surface area (Å²) in [5, 5.41) is 11.8. The number of aromatic nitrogens is 6. The van der Waals surface area contributed by atoms with Crippen molar-refractivity contribution < 1.29 is 4.79 Å². The molecule has 41 heavy (non-hydrogen) atoms. The van der Waals surface area contributed by atoms with Gasteiger partial charge >= 0.3 is 0 Å². The predicted molar refractivity (Wildman–Crippen MR) is 156 cm³/mol. The number of carbonyl (C=O) groups excluding carboxylic acids is 1. The van der Waals surface area contributed by atoms with Gasteiger partial charge in [0.2, 0.25) is 5.91 Å².